The molecule has 19 heavy (non-hydrogen) atoms. The number of nitrogens with zero attached hydrogens (tertiary/aromatic N) is 3. The predicted molar refractivity (Wildman–Crippen MR) is 77.1 cm³/mol. The van der Waals surface area contributed by atoms with Gasteiger partial charge in [-0.2, -0.15) is 4.98 Å². The van der Waals surface area contributed by atoms with Crippen LogP contribution in [0.2, 0.25) is 0 Å². The van der Waals surface area contributed by atoms with Crippen LogP contribution < -0.4 is 11.0 Å². The third-order valence-electron chi connectivity index (χ3n) is 3.51. The number of rotatable bonds is 0. The quantitative estimate of drug-likeness (QED) is 0.680. The zero-order valence-electron chi connectivity index (χ0n) is 10.6. The molecule has 5 nitrogen and oxygen atoms in total. The topological polar surface area (TPSA) is 59.8 Å². The minimum atomic E-state index is -0.174. The predicted octanol–water partition coefficient (Wildman–Crippen LogP) is 2.05. The molecule has 0 amide bonds. The summed E-state index contributed by atoms with van der Waals surface area (Å²) in [5.74, 6) is 0.898. The van der Waals surface area contributed by atoms with Gasteiger partial charge in [-0.05, 0) is 25.5 Å². The molecule has 0 aliphatic carbocycles. The molecular formula is C13H12N4OS. The fourth-order valence-corrected chi connectivity index (χ4v) is 4.00. The molecule has 0 unspecified atom stereocenters. The maximum atomic E-state index is 12.0. The van der Waals surface area contributed by atoms with Gasteiger partial charge in [-0.3, -0.25) is 4.57 Å². The lowest BCUT2D eigenvalue weighted by atomic mass is 10.1. The maximum absolute atomic E-state index is 12.0. The van der Waals surface area contributed by atoms with Crippen molar-refractivity contribution in [2.75, 3.05) is 11.9 Å². The van der Waals surface area contributed by atoms with Gasteiger partial charge >= 0.3 is 5.69 Å². The van der Waals surface area contributed by atoms with Crippen LogP contribution >= 0.6 is 11.3 Å². The Hall–Kier alpha value is -1.95. The Morgan fingerprint density at radius 3 is 3.05 bits per heavy atom. The first kappa shape index (κ1) is 10.9. The molecule has 3 aromatic rings. The van der Waals surface area contributed by atoms with Crippen molar-refractivity contribution in [3.05, 3.63) is 27.8 Å². The Kier molecular flexibility index (Phi) is 2.04. The van der Waals surface area contributed by atoms with Crippen molar-refractivity contribution in [2.24, 2.45) is 0 Å². The maximum Gasteiger partial charge on any atom is 0.349 e. The summed E-state index contributed by atoms with van der Waals surface area (Å²) >= 11 is 1.61. The van der Waals surface area contributed by atoms with Gasteiger partial charge in [0.05, 0.1) is 4.70 Å². The summed E-state index contributed by atoms with van der Waals surface area (Å²) in [7, 11) is 0. The molecule has 0 saturated heterocycles. The molecule has 6 heteroatoms. The third-order valence-corrected chi connectivity index (χ3v) is 4.59. The Balaban J connectivity index is 2.28. The average Bonchev–Trinajstić information content (AvgIpc) is 2.92. The van der Waals surface area contributed by atoms with Gasteiger partial charge in [-0.25, -0.2) is 9.78 Å². The minimum Gasteiger partial charge on any atom is -0.368 e. The van der Waals surface area contributed by atoms with Gasteiger partial charge in [0, 0.05) is 24.2 Å². The number of hydrogen-bond donors (Lipinski definition) is 1. The van der Waals surface area contributed by atoms with Crippen LogP contribution in [-0.2, 0) is 6.54 Å². The fourth-order valence-electron chi connectivity index (χ4n) is 2.73. The highest BCUT2D eigenvalue weighted by molar-refractivity contribution is 7.26. The molecule has 1 aliphatic rings. The summed E-state index contributed by atoms with van der Waals surface area (Å²) in [6.45, 7) is 5.51. The molecule has 0 fully saturated rings. The summed E-state index contributed by atoms with van der Waals surface area (Å²) in [6.07, 6.45) is 0. The van der Waals surface area contributed by atoms with Gasteiger partial charge in [0.25, 0.3) is 0 Å². The first-order valence-electron chi connectivity index (χ1n) is 6.20. The minimum absolute atomic E-state index is 0.174. The van der Waals surface area contributed by atoms with Crippen LogP contribution in [0.25, 0.3) is 20.4 Å². The van der Waals surface area contributed by atoms with Crippen LogP contribution in [0.5, 0.6) is 0 Å². The number of hydrogen-bond acceptors (Lipinski definition) is 5. The normalized spacial score (nSPS) is 14.0. The second kappa shape index (κ2) is 3.54. The molecule has 4 heterocycles. The van der Waals surface area contributed by atoms with Gasteiger partial charge in [-0.15, -0.1) is 11.3 Å². The van der Waals surface area contributed by atoms with Crippen molar-refractivity contribution in [3.8, 4) is 0 Å². The van der Waals surface area contributed by atoms with Crippen molar-refractivity contribution >= 4 is 37.6 Å². The van der Waals surface area contributed by atoms with E-state index in [1.165, 1.54) is 0 Å². The van der Waals surface area contributed by atoms with Crippen molar-refractivity contribution in [1.29, 1.82) is 0 Å². The van der Waals surface area contributed by atoms with E-state index in [1.54, 1.807) is 15.9 Å². The average molecular weight is 272 g/mol. The lowest BCUT2D eigenvalue weighted by molar-refractivity contribution is 0.751. The number of thiophene rings is 1. The Morgan fingerprint density at radius 1 is 1.37 bits per heavy atom. The largest absolute Gasteiger partial charge is 0.368 e. The molecule has 0 atom stereocenters. The van der Waals surface area contributed by atoms with Gasteiger partial charge in [-0.1, -0.05) is 0 Å². The van der Waals surface area contributed by atoms with Gasteiger partial charge in [0.1, 0.15) is 16.2 Å². The molecular weight excluding hydrogens is 260 g/mol. The smallest absolute Gasteiger partial charge is 0.349 e. The van der Waals surface area contributed by atoms with E-state index in [2.05, 4.69) is 15.3 Å². The van der Waals surface area contributed by atoms with Crippen molar-refractivity contribution in [2.45, 2.75) is 20.4 Å². The van der Waals surface area contributed by atoms with E-state index in [1.807, 2.05) is 19.9 Å². The molecule has 0 radical (unpaired) electrons. The van der Waals surface area contributed by atoms with E-state index in [4.69, 9.17) is 0 Å². The van der Waals surface area contributed by atoms with Crippen LogP contribution in [-0.4, -0.2) is 21.1 Å². The van der Waals surface area contributed by atoms with Gasteiger partial charge in [0.2, 0.25) is 0 Å². The molecule has 96 valence electrons. The van der Waals surface area contributed by atoms with E-state index < -0.39 is 0 Å². The summed E-state index contributed by atoms with van der Waals surface area (Å²) < 4.78 is 2.74. The number of anilines is 1. The molecule has 0 spiro atoms. The van der Waals surface area contributed by atoms with Crippen LogP contribution in [0.1, 0.15) is 11.3 Å². The Labute approximate surface area is 112 Å². The first-order valence-corrected chi connectivity index (χ1v) is 7.02. The SMILES string of the molecule is Cc1cc(C)c2c(n1)sc1c3n(c(=O)nc12)CCN3. The number of aromatic nitrogens is 3. The monoisotopic (exact) mass is 272 g/mol. The van der Waals surface area contributed by atoms with Crippen LogP contribution in [0.3, 0.4) is 0 Å². The van der Waals surface area contributed by atoms with Gasteiger partial charge < -0.3 is 5.32 Å². The Bertz CT molecular complexity index is 893. The van der Waals surface area contributed by atoms with Gasteiger partial charge in [0.15, 0.2) is 0 Å². The van der Waals surface area contributed by atoms with Crippen molar-refractivity contribution in [3.63, 3.8) is 0 Å². The summed E-state index contributed by atoms with van der Waals surface area (Å²) in [6, 6.07) is 2.04. The number of nitrogens with one attached hydrogen (secondary N) is 1. The summed E-state index contributed by atoms with van der Waals surface area (Å²) in [4.78, 5) is 21.8. The van der Waals surface area contributed by atoms with E-state index >= 15 is 0 Å². The highest BCUT2D eigenvalue weighted by Gasteiger charge is 2.21. The molecule has 3 aromatic heterocycles. The number of pyridine rings is 1. The highest BCUT2D eigenvalue weighted by atomic mass is 32.1. The summed E-state index contributed by atoms with van der Waals surface area (Å²) in [5, 5.41) is 4.30. The standard InChI is InChI=1S/C13H12N4OS/c1-6-5-7(2)15-12-8(6)9-10(19-12)11-14-3-4-17(11)13(18)16-9/h5,14H,3-4H2,1-2H3. The van der Waals surface area contributed by atoms with Crippen molar-refractivity contribution in [1.82, 2.24) is 14.5 Å². The molecule has 0 aromatic carbocycles. The molecule has 1 N–H and O–H groups in total. The lowest BCUT2D eigenvalue weighted by Gasteiger charge is -2.02. The second-order valence-corrected chi connectivity index (χ2v) is 5.86. The van der Waals surface area contributed by atoms with Crippen molar-refractivity contribution < 1.29 is 0 Å². The van der Waals surface area contributed by atoms with Crippen LogP contribution in [0.4, 0.5) is 5.82 Å². The highest BCUT2D eigenvalue weighted by Crippen LogP contribution is 2.37. The molecule has 0 saturated carbocycles. The van der Waals surface area contributed by atoms with Crippen LogP contribution in [0, 0.1) is 13.8 Å². The zero-order valence-corrected chi connectivity index (χ0v) is 11.5. The third kappa shape index (κ3) is 1.37. The van der Waals surface area contributed by atoms with E-state index in [0.29, 0.717) is 6.54 Å². The molecule has 4 rings (SSSR count). The molecule has 0 bridgehead atoms. The van der Waals surface area contributed by atoms with E-state index in [-0.39, 0.29) is 5.69 Å². The van der Waals surface area contributed by atoms with E-state index in [0.717, 1.165) is 44.1 Å². The van der Waals surface area contributed by atoms with Crippen LogP contribution in [0.15, 0.2) is 10.9 Å². The molecule has 1 aliphatic heterocycles. The zero-order chi connectivity index (χ0) is 13.1. The fraction of sp³-hybridized carbons (Fsp3) is 0.308. The number of aryl methyl sites for hydroxylation is 2. The second-order valence-electron chi connectivity index (χ2n) is 4.86. The lowest BCUT2D eigenvalue weighted by Crippen LogP contribution is -2.20. The summed E-state index contributed by atoms with van der Waals surface area (Å²) in [5.41, 5.74) is 2.74. The number of fused-ring (bicyclic) bond motifs is 5. The van der Waals surface area contributed by atoms with E-state index in [9.17, 15) is 4.79 Å². The Morgan fingerprint density at radius 2 is 2.21 bits per heavy atom. The first-order chi connectivity index (χ1) is 9.15.